The fourth-order valence-corrected chi connectivity index (χ4v) is 2.19. The quantitative estimate of drug-likeness (QED) is 0.811. The SMILES string of the molecule is COc1cccc(C(=O)OCC(=O)Nc2ccccc2Cl)c1OC. The highest BCUT2D eigenvalue weighted by molar-refractivity contribution is 6.33. The van der Waals surface area contributed by atoms with Gasteiger partial charge in [0, 0.05) is 0 Å². The van der Waals surface area contributed by atoms with Crippen LogP contribution in [0.25, 0.3) is 0 Å². The first-order valence-corrected chi connectivity index (χ1v) is 7.37. The molecule has 126 valence electrons. The number of ether oxygens (including phenoxy) is 3. The first-order chi connectivity index (χ1) is 11.6. The van der Waals surface area contributed by atoms with E-state index < -0.39 is 18.5 Å². The van der Waals surface area contributed by atoms with Crippen molar-refractivity contribution in [3.05, 3.63) is 53.1 Å². The number of benzene rings is 2. The van der Waals surface area contributed by atoms with Crippen LogP contribution in [0.3, 0.4) is 0 Å². The van der Waals surface area contributed by atoms with Crippen molar-refractivity contribution < 1.29 is 23.8 Å². The molecule has 2 rings (SSSR count). The van der Waals surface area contributed by atoms with Crippen molar-refractivity contribution in [3.8, 4) is 11.5 Å². The Bertz CT molecular complexity index is 748. The molecular formula is C17H16ClNO5. The van der Waals surface area contributed by atoms with Gasteiger partial charge in [-0.2, -0.15) is 0 Å². The van der Waals surface area contributed by atoms with Gasteiger partial charge in [-0.05, 0) is 24.3 Å². The largest absolute Gasteiger partial charge is 0.493 e. The molecule has 0 bridgehead atoms. The summed E-state index contributed by atoms with van der Waals surface area (Å²) >= 11 is 5.95. The molecule has 0 aromatic heterocycles. The summed E-state index contributed by atoms with van der Waals surface area (Å²) in [5, 5.41) is 2.96. The van der Waals surface area contributed by atoms with E-state index in [0.717, 1.165) is 0 Å². The summed E-state index contributed by atoms with van der Waals surface area (Å²) in [6.07, 6.45) is 0. The van der Waals surface area contributed by atoms with E-state index in [0.29, 0.717) is 16.5 Å². The van der Waals surface area contributed by atoms with E-state index in [9.17, 15) is 9.59 Å². The molecule has 0 heterocycles. The lowest BCUT2D eigenvalue weighted by Gasteiger charge is -2.12. The molecule has 0 aliphatic heterocycles. The van der Waals surface area contributed by atoms with Gasteiger partial charge in [-0.15, -0.1) is 0 Å². The summed E-state index contributed by atoms with van der Waals surface area (Å²) < 4.78 is 15.3. The van der Waals surface area contributed by atoms with Crippen LogP contribution in [0.1, 0.15) is 10.4 Å². The van der Waals surface area contributed by atoms with Crippen LogP contribution in [0.2, 0.25) is 5.02 Å². The summed E-state index contributed by atoms with van der Waals surface area (Å²) in [6, 6.07) is 11.6. The molecule has 24 heavy (non-hydrogen) atoms. The minimum Gasteiger partial charge on any atom is -0.493 e. The van der Waals surface area contributed by atoms with Crippen LogP contribution in [0.5, 0.6) is 11.5 Å². The van der Waals surface area contributed by atoms with Gasteiger partial charge in [-0.1, -0.05) is 29.8 Å². The Morgan fingerprint density at radius 2 is 1.79 bits per heavy atom. The Balaban J connectivity index is 2.01. The van der Waals surface area contributed by atoms with Gasteiger partial charge in [0.05, 0.1) is 24.9 Å². The van der Waals surface area contributed by atoms with Crippen molar-refractivity contribution in [1.82, 2.24) is 0 Å². The van der Waals surface area contributed by atoms with Crippen molar-refractivity contribution >= 4 is 29.2 Å². The lowest BCUT2D eigenvalue weighted by atomic mass is 10.2. The fraction of sp³-hybridized carbons (Fsp3) is 0.176. The molecule has 0 aliphatic rings. The number of para-hydroxylation sites is 2. The van der Waals surface area contributed by atoms with Crippen molar-refractivity contribution in [1.29, 1.82) is 0 Å². The second-order valence-corrected chi connectivity index (χ2v) is 5.05. The molecule has 0 atom stereocenters. The fourth-order valence-electron chi connectivity index (χ4n) is 2.01. The van der Waals surface area contributed by atoms with E-state index in [1.165, 1.54) is 20.3 Å². The summed E-state index contributed by atoms with van der Waals surface area (Å²) in [5.74, 6) is -0.553. The second kappa shape index (κ2) is 8.21. The van der Waals surface area contributed by atoms with E-state index in [2.05, 4.69) is 5.32 Å². The number of esters is 1. The van der Waals surface area contributed by atoms with Gasteiger partial charge in [-0.25, -0.2) is 4.79 Å². The molecular weight excluding hydrogens is 334 g/mol. The van der Waals surface area contributed by atoms with E-state index in [-0.39, 0.29) is 11.3 Å². The standard InChI is InChI=1S/C17H16ClNO5/c1-22-14-9-5-6-11(16(14)23-2)17(21)24-10-15(20)19-13-8-4-3-7-12(13)18/h3-9H,10H2,1-2H3,(H,19,20). The van der Waals surface area contributed by atoms with E-state index in [1.54, 1.807) is 36.4 Å². The monoisotopic (exact) mass is 349 g/mol. The Labute approximate surface area is 144 Å². The molecule has 6 nitrogen and oxygen atoms in total. The summed E-state index contributed by atoms with van der Waals surface area (Å²) in [6.45, 7) is -0.454. The maximum Gasteiger partial charge on any atom is 0.342 e. The number of methoxy groups -OCH3 is 2. The number of nitrogens with one attached hydrogen (secondary N) is 1. The Morgan fingerprint density at radius 1 is 1.04 bits per heavy atom. The van der Waals surface area contributed by atoms with Crippen LogP contribution >= 0.6 is 11.6 Å². The highest BCUT2D eigenvalue weighted by atomic mass is 35.5. The predicted octanol–water partition coefficient (Wildman–Crippen LogP) is 3.15. The highest BCUT2D eigenvalue weighted by Crippen LogP contribution is 2.31. The molecule has 0 radical (unpaired) electrons. The van der Waals surface area contributed by atoms with E-state index in [1.807, 2.05) is 0 Å². The Morgan fingerprint density at radius 3 is 2.46 bits per heavy atom. The third-order valence-electron chi connectivity index (χ3n) is 3.11. The molecule has 2 aromatic carbocycles. The highest BCUT2D eigenvalue weighted by Gasteiger charge is 2.18. The van der Waals surface area contributed by atoms with Gasteiger partial charge in [-0.3, -0.25) is 4.79 Å². The molecule has 0 saturated carbocycles. The number of carbonyl (C=O) groups excluding carboxylic acids is 2. The number of halogens is 1. The molecule has 1 amide bonds. The first kappa shape index (κ1) is 17.6. The number of carbonyl (C=O) groups is 2. The summed E-state index contributed by atoms with van der Waals surface area (Å²) in [5.41, 5.74) is 0.613. The number of rotatable bonds is 6. The molecule has 2 aromatic rings. The van der Waals surface area contributed by atoms with Crippen molar-refractivity contribution in [3.63, 3.8) is 0 Å². The van der Waals surface area contributed by atoms with Crippen LogP contribution in [0, 0.1) is 0 Å². The zero-order valence-electron chi connectivity index (χ0n) is 13.2. The third-order valence-corrected chi connectivity index (χ3v) is 3.43. The van der Waals surface area contributed by atoms with Crippen molar-refractivity contribution in [2.24, 2.45) is 0 Å². The maximum atomic E-state index is 12.2. The normalized spacial score (nSPS) is 9.96. The molecule has 0 aliphatic carbocycles. The van der Waals surface area contributed by atoms with Gasteiger partial charge < -0.3 is 19.5 Å². The van der Waals surface area contributed by atoms with Gasteiger partial charge in [0.2, 0.25) is 0 Å². The van der Waals surface area contributed by atoms with Crippen molar-refractivity contribution in [2.45, 2.75) is 0 Å². The minimum absolute atomic E-state index is 0.169. The lowest BCUT2D eigenvalue weighted by Crippen LogP contribution is -2.21. The molecule has 0 fully saturated rings. The number of hydrogen-bond donors (Lipinski definition) is 1. The lowest BCUT2D eigenvalue weighted by molar-refractivity contribution is -0.119. The van der Waals surface area contributed by atoms with Crippen LogP contribution in [0.4, 0.5) is 5.69 Å². The van der Waals surface area contributed by atoms with E-state index in [4.69, 9.17) is 25.8 Å². The van der Waals surface area contributed by atoms with Gasteiger partial charge in [0.15, 0.2) is 18.1 Å². The van der Waals surface area contributed by atoms with E-state index >= 15 is 0 Å². The smallest absolute Gasteiger partial charge is 0.342 e. The number of hydrogen-bond acceptors (Lipinski definition) is 5. The van der Waals surface area contributed by atoms with Crippen LogP contribution in [0.15, 0.2) is 42.5 Å². The van der Waals surface area contributed by atoms with Gasteiger partial charge in [0.25, 0.3) is 5.91 Å². The third kappa shape index (κ3) is 4.17. The zero-order valence-corrected chi connectivity index (χ0v) is 13.9. The van der Waals surface area contributed by atoms with Gasteiger partial charge in [0.1, 0.15) is 5.56 Å². The van der Waals surface area contributed by atoms with Crippen LogP contribution in [-0.2, 0) is 9.53 Å². The number of anilines is 1. The number of amides is 1. The molecule has 0 spiro atoms. The minimum atomic E-state index is -0.694. The van der Waals surface area contributed by atoms with Crippen LogP contribution in [-0.4, -0.2) is 32.7 Å². The van der Waals surface area contributed by atoms with Crippen LogP contribution < -0.4 is 14.8 Å². The average molecular weight is 350 g/mol. The Kier molecular flexibility index (Phi) is 6.03. The first-order valence-electron chi connectivity index (χ1n) is 6.99. The predicted molar refractivity (Wildman–Crippen MR) is 89.9 cm³/mol. The van der Waals surface area contributed by atoms with Gasteiger partial charge >= 0.3 is 5.97 Å². The summed E-state index contributed by atoms with van der Waals surface area (Å²) in [7, 11) is 2.88. The molecule has 0 saturated heterocycles. The maximum absolute atomic E-state index is 12.2. The molecule has 0 unspecified atom stereocenters. The topological polar surface area (TPSA) is 73.9 Å². The molecule has 1 N–H and O–H groups in total. The van der Waals surface area contributed by atoms with Crippen molar-refractivity contribution in [2.75, 3.05) is 26.1 Å². The average Bonchev–Trinajstić information content (AvgIpc) is 2.60. The Hall–Kier alpha value is -2.73. The summed E-state index contributed by atoms with van der Waals surface area (Å²) in [4.78, 5) is 24.0. The zero-order chi connectivity index (χ0) is 17.5. The second-order valence-electron chi connectivity index (χ2n) is 4.65. The molecule has 7 heteroatoms.